The number of halogens is 2. The summed E-state index contributed by atoms with van der Waals surface area (Å²) >= 11 is 0. The molecule has 2 heterocycles. The Morgan fingerprint density at radius 1 is 1.06 bits per heavy atom. The van der Waals surface area contributed by atoms with Gasteiger partial charge in [-0.05, 0) is 56.9 Å². The molecule has 0 saturated carbocycles. The average Bonchev–Trinajstić information content (AvgIpc) is 2.76. The number of nitrogens with one attached hydrogen (secondary N) is 1. The van der Waals surface area contributed by atoms with Gasteiger partial charge in [0.1, 0.15) is 17.5 Å². The highest BCUT2D eigenvalue weighted by atomic mass is 19.1. The third kappa shape index (κ3) is 4.90. The van der Waals surface area contributed by atoms with Crippen LogP contribution in [0.3, 0.4) is 0 Å². The molecule has 3 aromatic rings. The molecule has 1 N–H and O–H groups in total. The van der Waals surface area contributed by atoms with Crippen LogP contribution in [-0.4, -0.2) is 28.7 Å². The third-order valence-corrected chi connectivity index (χ3v) is 5.97. The van der Waals surface area contributed by atoms with E-state index in [-0.39, 0.29) is 16.6 Å². The quantitative estimate of drug-likeness (QED) is 0.548. The molecule has 1 aliphatic rings. The van der Waals surface area contributed by atoms with Gasteiger partial charge in [-0.1, -0.05) is 30.3 Å². The molecule has 2 aromatic carbocycles. The number of ether oxygens (including phenoxy) is 1. The number of benzene rings is 2. The van der Waals surface area contributed by atoms with Gasteiger partial charge in [-0.15, -0.1) is 0 Å². The van der Waals surface area contributed by atoms with Crippen LogP contribution in [0.2, 0.25) is 0 Å². The molecule has 1 aliphatic heterocycles. The van der Waals surface area contributed by atoms with E-state index in [2.05, 4.69) is 53.4 Å². The first kappa shape index (κ1) is 21.4. The highest BCUT2D eigenvalue weighted by molar-refractivity contribution is 5.60. The number of hydrogen-bond acceptors (Lipinski definition) is 4. The average molecular weight is 424 g/mol. The summed E-state index contributed by atoms with van der Waals surface area (Å²) in [6.45, 7) is 5.67. The summed E-state index contributed by atoms with van der Waals surface area (Å²) in [4.78, 5) is 8.61. The Kier molecular flexibility index (Phi) is 6.01. The molecule has 1 saturated heterocycles. The first-order chi connectivity index (χ1) is 14.9. The van der Waals surface area contributed by atoms with Gasteiger partial charge in [-0.25, -0.2) is 13.8 Å². The second-order valence-corrected chi connectivity index (χ2v) is 8.77. The van der Waals surface area contributed by atoms with Gasteiger partial charge >= 0.3 is 0 Å². The molecule has 162 valence electrons. The first-order valence-electron chi connectivity index (χ1n) is 10.6. The van der Waals surface area contributed by atoms with Gasteiger partial charge in [0.2, 0.25) is 0 Å². The molecule has 1 fully saturated rings. The molecule has 4 nitrogen and oxygen atoms in total. The first-order valence-corrected chi connectivity index (χ1v) is 10.6. The van der Waals surface area contributed by atoms with Gasteiger partial charge in [0.15, 0.2) is 0 Å². The van der Waals surface area contributed by atoms with Crippen molar-refractivity contribution in [3.8, 4) is 11.3 Å². The zero-order chi connectivity index (χ0) is 21.9. The standard InChI is InChI=1S/C25H27F2N3O/c1-24(2)17-25(11-13-31-24,18-6-4-3-5-7-18)10-12-29-23-16-28-15-22(30-23)20-14-19(26)8-9-21(20)27/h3-9,14-16H,10-13,17H2,1-2H3,(H,29,30). The molecule has 6 heteroatoms. The molecule has 0 radical (unpaired) electrons. The van der Waals surface area contributed by atoms with Crippen LogP contribution in [0.15, 0.2) is 60.9 Å². The molecule has 4 rings (SSSR count). The second-order valence-electron chi connectivity index (χ2n) is 8.77. The van der Waals surface area contributed by atoms with Crippen LogP contribution in [0.25, 0.3) is 11.3 Å². The monoisotopic (exact) mass is 423 g/mol. The number of aromatic nitrogens is 2. The van der Waals surface area contributed by atoms with Crippen molar-refractivity contribution >= 4 is 5.82 Å². The minimum absolute atomic E-state index is 0.00425. The normalized spacial score (nSPS) is 20.4. The maximum atomic E-state index is 14.1. The van der Waals surface area contributed by atoms with E-state index in [4.69, 9.17) is 4.74 Å². The van der Waals surface area contributed by atoms with Crippen LogP contribution < -0.4 is 5.32 Å². The van der Waals surface area contributed by atoms with Crippen LogP contribution in [0.4, 0.5) is 14.6 Å². The van der Waals surface area contributed by atoms with E-state index in [1.807, 2.05) is 6.07 Å². The summed E-state index contributed by atoms with van der Waals surface area (Å²) in [6.07, 6.45) is 5.80. The number of anilines is 1. The largest absolute Gasteiger partial charge is 0.376 e. The molecular formula is C25H27F2N3O. The lowest BCUT2D eigenvalue weighted by atomic mass is 9.67. The van der Waals surface area contributed by atoms with E-state index >= 15 is 0 Å². The lowest BCUT2D eigenvalue weighted by Crippen LogP contribution is -2.44. The van der Waals surface area contributed by atoms with Gasteiger partial charge in [0.05, 0.1) is 23.7 Å². The topological polar surface area (TPSA) is 47.0 Å². The lowest BCUT2D eigenvalue weighted by molar-refractivity contribution is -0.0835. The van der Waals surface area contributed by atoms with Gasteiger partial charge in [0.25, 0.3) is 0 Å². The smallest absolute Gasteiger partial charge is 0.145 e. The van der Waals surface area contributed by atoms with E-state index in [0.717, 1.165) is 44.1 Å². The van der Waals surface area contributed by atoms with Crippen molar-refractivity contribution in [1.82, 2.24) is 9.97 Å². The highest BCUT2D eigenvalue weighted by Gasteiger charge is 2.41. The summed E-state index contributed by atoms with van der Waals surface area (Å²) < 4.78 is 33.7. The van der Waals surface area contributed by atoms with E-state index in [1.54, 1.807) is 6.20 Å². The molecular weight excluding hydrogens is 396 g/mol. The molecule has 1 aromatic heterocycles. The Hall–Kier alpha value is -2.86. The summed E-state index contributed by atoms with van der Waals surface area (Å²) in [5, 5.41) is 3.33. The number of hydrogen-bond donors (Lipinski definition) is 1. The molecule has 0 spiro atoms. The summed E-state index contributed by atoms with van der Waals surface area (Å²) in [6, 6.07) is 13.9. The molecule has 0 aliphatic carbocycles. The Balaban J connectivity index is 1.51. The van der Waals surface area contributed by atoms with E-state index < -0.39 is 11.6 Å². The van der Waals surface area contributed by atoms with Gasteiger partial charge in [-0.2, -0.15) is 0 Å². The van der Waals surface area contributed by atoms with Crippen molar-refractivity contribution in [1.29, 1.82) is 0 Å². The van der Waals surface area contributed by atoms with Crippen molar-refractivity contribution in [2.24, 2.45) is 0 Å². The maximum Gasteiger partial charge on any atom is 0.145 e. The predicted octanol–water partition coefficient (Wildman–Crippen LogP) is 5.75. The van der Waals surface area contributed by atoms with Crippen LogP contribution in [0.5, 0.6) is 0 Å². The Bertz CT molecular complexity index is 1040. The van der Waals surface area contributed by atoms with Gasteiger partial charge in [0, 0.05) is 24.1 Å². The van der Waals surface area contributed by atoms with E-state index in [0.29, 0.717) is 18.1 Å². The number of nitrogens with zero attached hydrogens (tertiary/aromatic N) is 2. The van der Waals surface area contributed by atoms with Crippen molar-refractivity contribution in [2.75, 3.05) is 18.5 Å². The Morgan fingerprint density at radius 3 is 2.65 bits per heavy atom. The SMILES string of the molecule is CC1(C)CC(CCNc2cncc(-c3cc(F)ccc3F)n2)(c2ccccc2)CCO1. The molecule has 0 bridgehead atoms. The second kappa shape index (κ2) is 8.71. The highest BCUT2D eigenvalue weighted by Crippen LogP contribution is 2.43. The summed E-state index contributed by atoms with van der Waals surface area (Å²) in [5.74, 6) is -0.500. The van der Waals surface area contributed by atoms with Crippen molar-refractivity contribution in [3.05, 3.63) is 78.1 Å². The summed E-state index contributed by atoms with van der Waals surface area (Å²) in [7, 11) is 0. The predicted molar refractivity (Wildman–Crippen MR) is 118 cm³/mol. The fraction of sp³-hybridized carbons (Fsp3) is 0.360. The van der Waals surface area contributed by atoms with Crippen LogP contribution in [0.1, 0.15) is 38.7 Å². The van der Waals surface area contributed by atoms with Crippen LogP contribution in [0, 0.1) is 11.6 Å². The zero-order valence-corrected chi connectivity index (χ0v) is 17.9. The molecule has 1 unspecified atom stereocenters. The fourth-order valence-electron chi connectivity index (χ4n) is 4.58. The molecule has 0 amide bonds. The Morgan fingerprint density at radius 2 is 1.87 bits per heavy atom. The molecule has 31 heavy (non-hydrogen) atoms. The van der Waals surface area contributed by atoms with Crippen LogP contribution in [-0.2, 0) is 10.2 Å². The van der Waals surface area contributed by atoms with Crippen molar-refractivity contribution < 1.29 is 13.5 Å². The van der Waals surface area contributed by atoms with Crippen LogP contribution >= 0.6 is 0 Å². The Labute approximate surface area is 181 Å². The van der Waals surface area contributed by atoms with Gasteiger partial charge in [-0.3, -0.25) is 4.98 Å². The fourth-order valence-corrected chi connectivity index (χ4v) is 4.58. The maximum absolute atomic E-state index is 14.1. The van der Waals surface area contributed by atoms with Crippen molar-refractivity contribution in [3.63, 3.8) is 0 Å². The van der Waals surface area contributed by atoms with Gasteiger partial charge < -0.3 is 10.1 Å². The van der Waals surface area contributed by atoms with Crippen molar-refractivity contribution in [2.45, 2.75) is 44.1 Å². The molecule has 1 atom stereocenters. The zero-order valence-electron chi connectivity index (χ0n) is 17.9. The number of rotatable bonds is 6. The minimum atomic E-state index is -0.527. The van der Waals surface area contributed by atoms with E-state index in [9.17, 15) is 8.78 Å². The third-order valence-electron chi connectivity index (χ3n) is 5.97. The lowest BCUT2D eigenvalue weighted by Gasteiger charge is -2.45. The minimum Gasteiger partial charge on any atom is -0.376 e. The van der Waals surface area contributed by atoms with E-state index in [1.165, 1.54) is 11.8 Å². The summed E-state index contributed by atoms with van der Waals surface area (Å²) in [5.41, 5.74) is 1.52.